The average Bonchev–Trinajstić information content (AvgIpc) is 3.38. The minimum absolute atomic E-state index is 0.0279. The minimum atomic E-state index is -4.23. The zero-order valence-electron chi connectivity index (χ0n) is 22.5. The summed E-state index contributed by atoms with van der Waals surface area (Å²) in [4.78, 5) is 40.5. The lowest BCUT2D eigenvalue weighted by atomic mass is 9.97. The molecule has 1 unspecified atom stereocenters. The van der Waals surface area contributed by atoms with Crippen LogP contribution in [0.1, 0.15) is 35.5 Å². The summed E-state index contributed by atoms with van der Waals surface area (Å²) in [7, 11) is -4.23. The van der Waals surface area contributed by atoms with Crippen molar-refractivity contribution in [2.45, 2.75) is 32.1 Å². The smallest absolute Gasteiger partial charge is 0.291 e. The number of hydrogen-bond acceptors (Lipinski definition) is 6. The summed E-state index contributed by atoms with van der Waals surface area (Å²) in [5.41, 5.74) is 1.83. The number of carbonyl (C=O) groups excluding carboxylic acids is 3. The lowest BCUT2D eigenvalue weighted by Crippen LogP contribution is -2.46. The van der Waals surface area contributed by atoms with E-state index in [4.69, 9.17) is 4.42 Å². The third kappa shape index (κ3) is 6.40. The molecule has 2 N–H and O–H groups in total. The highest BCUT2D eigenvalue weighted by Gasteiger charge is 2.33. The van der Waals surface area contributed by atoms with Gasteiger partial charge in [0.15, 0.2) is 5.76 Å². The molecule has 40 heavy (non-hydrogen) atoms. The van der Waals surface area contributed by atoms with Crippen LogP contribution in [0.25, 0.3) is 10.8 Å². The third-order valence-electron chi connectivity index (χ3n) is 6.68. The standard InChI is InChI=1S/C30H31N3O6S/c1-4-33(5-2)30(36)26(18-21-10-13-24(14-11-21)31-29(35)27-20(3)16-17-39-27)28(34)32-40(37,38)25-15-12-22-8-6-7-9-23(22)19-25/h6-17,19,26H,4-5,18H2,1-3H3,(H,31,35)(H,32,34). The Bertz CT molecular complexity index is 1640. The van der Waals surface area contributed by atoms with Crippen molar-refractivity contribution in [3.05, 3.63) is 95.9 Å². The molecule has 0 saturated heterocycles. The highest BCUT2D eigenvalue weighted by atomic mass is 32.2. The highest BCUT2D eigenvalue weighted by Crippen LogP contribution is 2.21. The molecule has 1 aromatic heterocycles. The van der Waals surface area contributed by atoms with Crippen molar-refractivity contribution in [3.8, 4) is 0 Å². The fourth-order valence-electron chi connectivity index (χ4n) is 4.40. The van der Waals surface area contributed by atoms with Gasteiger partial charge in [-0.2, -0.15) is 0 Å². The van der Waals surface area contributed by atoms with Crippen molar-refractivity contribution in [1.82, 2.24) is 9.62 Å². The average molecular weight is 562 g/mol. The Hall–Kier alpha value is -4.44. The monoisotopic (exact) mass is 561 g/mol. The number of carbonyl (C=O) groups is 3. The molecule has 0 aliphatic heterocycles. The molecule has 4 aromatic rings. The van der Waals surface area contributed by atoms with Crippen LogP contribution >= 0.6 is 0 Å². The molecule has 1 heterocycles. The first-order valence-corrected chi connectivity index (χ1v) is 14.4. The molecule has 0 bridgehead atoms. The van der Waals surface area contributed by atoms with Crippen LogP contribution in [0.15, 0.2) is 88.4 Å². The summed E-state index contributed by atoms with van der Waals surface area (Å²) >= 11 is 0. The molecule has 4 rings (SSSR count). The molecule has 3 aromatic carbocycles. The molecule has 1 atom stereocenters. The van der Waals surface area contributed by atoms with Gasteiger partial charge in [-0.15, -0.1) is 0 Å². The molecule has 0 aliphatic carbocycles. The van der Waals surface area contributed by atoms with Crippen molar-refractivity contribution in [2.24, 2.45) is 5.92 Å². The maximum Gasteiger partial charge on any atom is 0.291 e. The van der Waals surface area contributed by atoms with E-state index in [1.54, 1.807) is 69.3 Å². The number of furan rings is 1. The van der Waals surface area contributed by atoms with E-state index in [9.17, 15) is 22.8 Å². The van der Waals surface area contributed by atoms with Gasteiger partial charge in [-0.05, 0) is 73.9 Å². The van der Waals surface area contributed by atoms with Crippen LogP contribution in [0, 0.1) is 12.8 Å². The van der Waals surface area contributed by atoms with Gasteiger partial charge in [0.25, 0.3) is 15.9 Å². The first-order valence-electron chi connectivity index (χ1n) is 12.9. The van der Waals surface area contributed by atoms with Gasteiger partial charge in [0, 0.05) is 24.3 Å². The van der Waals surface area contributed by atoms with Crippen LogP contribution in [-0.4, -0.2) is 44.1 Å². The molecule has 0 spiro atoms. The highest BCUT2D eigenvalue weighted by molar-refractivity contribution is 7.90. The molecular formula is C30H31N3O6S. The van der Waals surface area contributed by atoms with Crippen LogP contribution in [0.3, 0.4) is 0 Å². The Morgan fingerprint density at radius 2 is 1.57 bits per heavy atom. The number of aryl methyl sites for hydroxylation is 1. The topological polar surface area (TPSA) is 126 Å². The van der Waals surface area contributed by atoms with E-state index in [0.29, 0.717) is 35.3 Å². The van der Waals surface area contributed by atoms with E-state index in [1.807, 2.05) is 12.1 Å². The Morgan fingerprint density at radius 1 is 0.900 bits per heavy atom. The fraction of sp³-hybridized carbons (Fsp3) is 0.233. The summed E-state index contributed by atoms with van der Waals surface area (Å²) in [5, 5.41) is 4.32. The molecule has 0 fully saturated rings. The third-order valence-corrected chi connectivity index (χ3v) is 8.02. The molecule has 9 nitrogen and oxygen atoms in total. The van der Waals surface area contributed by atoms with E-state index < -0.39 is 33.7 Å². The maximum atomic E-state index is 13.3. The van der Waals surface area contributed by atoms with E-state index in [1.165, 1.54) is 23.3 Å². The van der Waals surface area contributed by atoms with Crippen LogP contribution < -0.4 is 10.0 Å². The minimum Gasteiger partial charge on any atom is -0.459 e. The van der Waals surface area contributed by atoms with Gasteiger partial charge in [0.2, 0.25) is 11.8 Å². The number of benzene rings is 3. The molecule has 3 amide bonds. The number of nitrogens with zero attached hydrogens (tertiary/aromatic N) is 1. The van der Waals surface area contributed by atoms with E-state index in [0.717, 1.165) is 5.39 Å². The van der Waals surface area contributed by atoms with Gasteiger partial charge in [-0.3, -0.25) is 14.4 Å². The van der Waals surface area contributed by atoms with Crippen LogP contribution in [0.5, 0.6) is 0 Å². The zero-order valence-corrected chi connectivity index (χ0v) is 23.3. The van der Waals surface area contributed by atoms with Crippen LogP contribution in [0.2, 0.25) is 0 Å². The van der Waals surface area contributed by atoms with Crippen molar-refractivity contribution in [1.29, 1.82) is 0 Å². The maximum absolute atomic E-state index is 13.3. The van der Waals surface area contributed by atoms with Gasteiger partial charge < -0.3 is 14.6 Å². The van der Waals surface area contributed by atoms with Crippen molar-refractivity contribution in [2.75, 3.05) is 18.4 Å². The number of fused-ring (bicyclic) bond motifs is 1. The SMILES string of the molecule is CCN(CC)C(=O)C(Cc1ccc(NC(=O)c2occc2C)cc1)C(=O)NS(=O)(=O)c1ccc2ccccc2c1. The number of amides is 3. The molecule has 0 radical (unpaired) electrons. The van der Waals surface area contributed by atoms with Crippen molar-refractivity contribution >= 4 is 44.2 Å². The summed E-state index contributed by atoms with van der Waals surface area (Å²) < 4.78 is 33.6. The first-order chi connectivity index (χ1) is 19.1. The van der Waals surface area contributed by atoms with Gasteiger partial charge >= 0.3 is 0 Å². The van der Waals surface area contributed by atoms with Gasteiger partial charge in [-0.1, -0.05) is 42.5 Å². The Kier molecular flexibility index (Phi) is 8.69. The first kappa shape index (κ1) is 28.6. The lowest BCUT2D eigenvalue weighted by Gasteiger charge is -2.24. The van der Waals surface area contributed by atoms with Crippen LogP contribution in [0.4, 0.5) is 5.69 Å². The van der Waals surface area contributed by atoms with Crippen LogP contribution in [-0.2, 0) is 26.0 Å². The second kappa shape index (κ2) is 12.2. The Labute approximate surface area is 233 Å². The van der Waals surface area contributed by atoms with Gasteiger partial charge in [0.1, 0.15) is 5.92 Å². The van der Waals surface area contributed by atoms with Crippen molar-refractivity contribution in [3.63, 3.8) is 0 Å². The predicted molar refractivity (Wildman–Crippen MR) is 152 cm³/mol. The quantitative estimate of drug-likeness (QED) is 0.274. The summed E-state index contributed by atoms with van der Waals surface area (Å²) in [6, 6.07) is 20.2. The second-order valence-electron chi connectivity index (χ2n) is 9.33. The van der Waals surface area contributed by atoms with E-state index in [-0.39, 0.29) is 17.1 Å². The number of hydrogen-bond donors (Lipinski definition) is 2. The predicted octanol–water partition coefficient (Wildman–Crippen LogP) is 4.53. The van der Waals surface area contributed by atoms with Gasteiger partial charge in [-0.25, -0.2) is 13.1 Å². The summed E-state index contributed by atoms with van der Waals surface area (Å²) in [6.07, 6.45) is 1.41. The number of anilines is 1. The normalized spacial score (nSPS) is 12.1. The Balaban J connectivity index is 1.54. The molecule has 208 valence electrons. The largest absolute Gasteiger partial charge is 0.459 e. The number of sulfonamides is 1. The summed E-state index contributed by atoms with van der Waals surface area (Å²) in [5.74, 6) is -2.85. The molecular weight excluding hydrogens is 530 g/mol. The Morgan fingerprint density at radius 3 is 2.20 bits per heavy atom. The van der Waals surface area contributed by atoms with E-state index in [2.05, 4.69) is 10.0 Å². The fourth-order valence-corrected chi connectivity index (χ4v) is 5.45. The van der Waals surface area contributed by atoms with Crippen molar-refractivity contribution < 1.29 is 27.2 Å². The lowest BCUT2D eigenvalue weighted by molar-refractivity contribution is -0.141. The van der Waals surface area contributed by atoms with E-state index >= 15 is 0 Å². The second-order valence-corrected chi connectivity index (χ2v) is 11.0. The molecule has 0 saturated carbocycles. The number of nitrogens with one attached hydrogen (secondary N) is 2. The summed E-state index contributed by atoms with van der Waals surface area (Å²) in [6.45, 7) is 6.09. The number of rotatable bonds is 10. The zero-order chi connectivity index (χ0) is 28.9. The van der Waals surface area contributed by atoms with Gasteiger partial charge in [0.05, 0.1) is 11.2 Å². The molecule has 10 heteroatoms. The molecule has 0 aliphatic rings.